The van der Waals surface area contributed by atoms with Gasteiger partial charge in [0.1, 0.15) is 5.01 Å². The maximum atomic E-state index is 12.5. The number of nitrogens with one attached hydrogen (secondary N) is 2. The molecule has 0 aliphatic carbocycles. The first-order valence-corrected chi connectivity index (χ1v) is 12.6. The van der Waals surface area contributed by atoms with Crippen LogP contribution in [0.5, 0.6) is 0 Å². The van der Waals surface area contributed by atoms with Gasteiger partial charge < -0.3 is 5.32 Å². The number of amides is 1. The Bertz CT molecular complexity index is 1360. The monoisotopic (exact) mass is 463 g/mol. The molecule has 4 aromatic rings. The van der Waals surface area contributed by atoms with Crippen LogP contribution in [0.15, 0.2) is 78.2 Å². The topological polar surface area (TPSA) is 88.2 Å². The SMILES string of the molecule is Cc1ccccc1-c1nc(-c2ccc(NC(=O)c3ccc(NS(C)(=O)=O)cc3)cc2)cs1. The molecule has 4 rings (SSSR count). The molecule has 0 bridgehead atoms. The summed E-state index contributed by atoms with van der Waals surface area (Å²) in [5.41, 5.74) is 5.66. The molecule has 0 radical (unpaired) electrons. The van der Waals surface area contributed by atoms with Crippen LogP contribution in [-0.4, -0.2) is 25.6 Å². The van der Waals surface area contributed by atoms with E-state index >= 15 is 0 Å². The van der Waals surface area contributed by atoms with Crippen LogP contribution in [0.2, 0.25) is 0 Å². The Morgan fingerprint density at radius 3 is 2.22 bits per heavy atom. The van der Waals surface area contributed by atoms with Crippen molar-refractivity contribution in [2.24, 2.45) is 0 Å². The van der Waals surface area contributed by atoms with Crippen molar-refractivity contribution in [1.82, 2.24) is 4.98 Å². The van der Waals surface area contributed by atoms with Crippen molar-refractivity contribution in [3.63, 3.8) is 0 Å². The lowest BCUT2D eigenvalue weighted by Crippen LogP contribution is -2.13. The average molecular weight is 464 g/mol. The third-order valence-electron chi connectivity index (χ3n) is 4.77. The molecule has 1 heterocycles. The van der Waals surface area contributed by atoms with Gasteiger partial charge in [0.25, 0.3) is 5.91 Å². The fraction of sp³-hybridized carbons (Fsp3) is 0.0833. The van der Waals surface area contributed by atoms with Gasteiger partial charge in [-0.15, -0.1) is 11.3 Å². The second-order valence-corrected chi connectivity index (χ2v) is 9.94. The lowest BCUT2D eigenvalue weighted by Gasteiger charge is -2.08. The predicted molar refractivity (Wildman–Crippen MR) is 131 cm³/mol. The van der Waals surface area contributed by atoms with Crippen molar-refractivity contribution in [3.05, 3.63) is 89.3 Å². The minimum atomic E-state index is -3.36. The van der Waals surface area contributed by atoms with E-state index in [1.165, 1.54) is 5.56 Å². The van der Waals surface area contributed by atoms with E-state index in [2.05, 4.69) is 29.1 Å². The van der Waals surface area contributed by atoms with E-state index in [0.29, 0.717) is 16.9 Å². The maximum absolute atomic E-state index is 12.5. The van der Waals surface area contributed by atoms with E-state index in [9.17, 15) is 13.2 Å². The van der Waals surface area contributed by atoms with Crippen LogP contribution in [0.3, 0.4) is 0 Å². The Balaban J connectivity index is 1.44. The second kappa shape index (κ2) is 8.94. The van der Waals surface area contributed by atoms with Gasteiger partial charge in [0, 0.05) is 33.4 Å². The van der Waals surface area contributed by atoms with Gasteiger partial charge in [0.2, 0.25) is 10.0 Å². The van der Waals surface area contributed by atoms with Gasteiger partial charge in [0.15, 0.2) is 0 Å². The van der Waals surface area contributed by atoms with Crippen molar-refractivity contribution < 1.29 is 13.2 Å². The first-order chi connectivity index (χ1) is 15.3. The number of rotatable bonds is 6. The largest absolute Gasteiger partial charge is 0.322 e. The molecule has 0 unspecified atom stereocenters. The third-order valence-corrected chi connectivity index (χ3v) is 6.25. The standard InChI is InChI=1S/C24H21N3O3S2/c1-16-5-3-4-6-21(16)24-26-22(15-31-24)17-7-11-19(12-8-17)25-23(28)18-9-13-20(14-10-18)27-32(2,29)30/h3-15,27H,1-2H3,(H,25,28). The smallest absolute Gasteiger partial charge is 0.255 e. The minimum absolute atomic E-state index is 0.279. The number of aromatic nitrogens is 1. The van der Waals surface area contributed by atoms with E-state index in [0.717, 1.165) is 28.1 Å². The van der Waals surface area contributed by atoms with Gasteiger partial charge in [-0.3, -0.25) is 9.52 Å². The summed E-state index contributed by atoms with van der Waals surface area (Å²) >= 11 is 1.60. The van der Waals surface area contributed by atoms with Crippen molar-refractivity contribution in [1.29, 1.82) is 0 Å². The number of hydrogen-bond donors (Lipinski definition) is 2. The lowest BCUT2D eigenvalue weighted by molar-refractivity contribution is 0.102. The average Bonchev–Trinajstić information content (AvgIpc) is 3.24. The van der Waals surface area contributed by atoms with E-state index in [-0.39, 0.29) is 5.91 Å². The third kappa shape index (κ3) is 5.22. The van der Waals surface area contributed by atoms with E-state index in [4.69, 9.17) is 4.98 Å². The number of anilines is 2. The highest BCUT2D eigenvalue weighted by atomic mass is 32.2. The summed E-state index contributed by atoms with van der Waals surface area (Å²) < 4.78 is 24.9. The molecule has 0 fully saturated rings. The van der Waals surface area contributed by atoms with Crippen molar-refractivity contribution in [2.75, 3.05) is 16.3 Å². The molecule has 1 aromatic heterocycles. The van der Waals surface area contributed by atoms with Crippen molar-refractivity contribution in [3.8, 4) is 21.8 Å². The molecular weight excluding hydrogens is 442 g/mol. The molecule has 8 heteroatoms. The highest BCUT2D eigenvalue weighted by Gasteiger charge is 2.10. The molecule has 0 spiro atoms. The quantitative estimate of drug-likeness (QED) is 0.400. The van der Waals surface area contributed by atoms with E-state index < -0.39 is 10.0 Å². The molecule has 162 valence electrons. The van der Waals surface area contributed by atoms with Gasteiger partial charge >= 0.3 is 0 Å². The Morgan fingerprint density at radius 1 is 0.906 bits per heavy atom. The molecule has 2 N–H and O–H groups in total. The van der Waals surface area contributed by atoms with Crippen LogP contribution in [0.1, 0.15) is 15.9 Å². The van der Waals surface area contributed by atoms with Crippen molar-refractivity contribution >= 4 is 38.6 Å². The molecule has 0 atom stereocenters. The number of sulfonamides is 1. The zero-order valence-electron chi connectivity index (χ0n) is 17.5. The zero-order chi connectivity index (χ0) is 22.7. The summed E-state index contributed by atoms with van der Waals surface area (Å²) in [7, 11) is -3.36. The predicted octanol–water partition coefficient (Wildman–Crippen LogP) is 5.41. The van der Waals surface area contributed by atoms with Crippen LogP contribution >= 0.6 is 11.3 Å². The summed E-state index contributed by atoms with van der Waals surface area (Å²) in [6.45, 7) is 2.07. The highest BCUT2D eigenvalue weighted by Crippen LogP contribution is 2.31. The number of nitrogens with zero attached hydrogens (tertiary/aromatic N) is 1. The summed E-state index contributed by atoms with van der Waals surface area (Å²) in [6, 6.07) is 21.9. The molecule has 32 heavy (non-hydrogen) atoms. The van der Waals surface area contributed by atoms with Crippen molar-refractivity contribution in [2.45, 2.75) is 6.92 Å². The van der Waals surface area contributed by atoms with E-state index in [1.54, 1.807) is 35.6 Å². The second-order valence-electron chi connectivity index (χ2n) is 7.34. The maximum Gasteiger partial charge on any atom is 0.255 e. The number of carbonyl (C=O) groups excluding carboxylic acids is 1. The number of thiazole rings is 1. The molecule has 1 amide bonds. The summed E-state index contributed by atoms with van der Waals surface area (Å²) in [5.74, 6) is -0.279. The molecule has 0 saturated carbocycles. The van der Waals surface area contributed by atoms with Crippen LogP contribution in [-0.2, 0) is 10.0 Å². The fourth-order valence-electron chi connectivity index (χ4n) is 3.17. The minimum Gasteiger partial charge on any atom is -0.322 e. The fourth-order valence-corrected chi connectivity index (χ4v) is 4.66. The van der Waals surface area contributed by atoms with Crippen LogP contribution < -0.4 is 10.0 Å². The molecule has 6 nitrogen and oxygen atoms in total. The Kier molecular flexibility index (Phi) is 6.07. The number of carbonyl (C=O) groups is 1. The van der Waals surface area contributed by atoms with Crippen LogP contribution in [0.4, 0.5) is 11.4 Å². The zero-order valence-corrected chi connectivity index (χ0v) is 19.1. The number of benzene rings is 3. The molecular formula is C24H21N3O3S2. The highest BCUT2D eigenvalue weighted by molar-refractivity contribution is 7.92. The molecule has 0 aliphatic rings. The Hall–Kier alpha value is -3.49. The van der Waals surface area contributed by atoms with E-state index in [1.807, 2.05) is 41.8 Å². The van der Waals surface area contributed by atoms with Crippen LogP contribution in [0.25, 0.3) is 21.8 Å². The number of aryl methyl sites for hydroxylation is 1. The first kappa shape index (κ1) is 21.7. The lowest BCUT2D eigenvalue weighted by atomic mass is 10.1. The van der Waals surface area contributed by atoms with Gasteiger partial charge in [-0.25, -0.2) is 13.4 Å². The molecule has 0 saturated heterocycles. The molecule has 3 aromatic carbocycles. The Morgan fingerprint density at radius 2 is 1.56 bits per heavy atom. The summed E-state index contributed by atoms with van der Waals surface area (Å²) in [4.78, 5) is 17.3. The normalized spacial score (nSPS) is 11.2. The van der Waals surface area contributed by atoms with Gasteiger partial charge in [-0.1, -0.05) is 36.4 Å². The summed E-state index contributed by atoms with van der Waals surface area (Å²) in [5, 5.41) is 5.85. The van der Waals surface area contributed by atoms with Gasteiger partial charge in [-0.2, -0.15) is 0 Å². The van der Waals surface area contributed by atoms with Gasteiger partial charge in [-0.05, 0) is 48.9 Å². The number of hydrogen-bond acceptors (Lipinski definition) is 5. The molecule has 0 aliphatic heterocycles. The Labute approximate surface area is 191 Å². The van der Waals surface area contributed by atoms with Gasteiger partial charge in [0.05, 0.1) is 11.9 Å². The van der Waals surface area contributed by atoms with Crippen LogP contribution in [0, 0.1) is 6.92 Å². The first-order valence-electron chi connectivity index (χ1n) is 9.80. The summed E-state index contributed by atoms with van der Waals surface area (Å²) in [6.07, 6.45) is 1.08.